The Morgan fingerprint density at radius 3 is 2.59 bits per heavy atom. The molecule has 17 heavy (non-hydrogen) atoms. The fourth-order valence-corrected chi connectivity index (χ4v) is 1.62. The van der Waals surface area contributed by atoms with Gasteiger partial charge in [-0.25, -0.2) is 4.98 Å². The summed E-state index contributed by atoms with van der Waals surface area (Å²) in [6, 6.07) is 2.04. The largest absolute Gasteiger partial charge is 0.386 e. The number of hydrogen-bond donors (Lipinski definition) is 2. The van der Waals surface area contributed by atoms with E-state index in [1.807, 2.05) is 26.8 Å². The maximum Gasteiger partial charge on any atom is 0.164 e. The average molecular weight is 235 g/mol. The Morgan fingerprint density at radius 1 is 1.47 bits per heavy atom. The van der Waals surface area contributed by atoms with Crippen LogP contribution in [0.1, 0.15) is 63.9 Å². The first-order valence-electron chi connectivity index (χ1n) is 6.07. The second-order valence-electron chi connectivity index (χ2n) is 5.43. The van der Waals surface area contributed by atoms with Gasteiger partial charge in [0, 0.05) is 6.42 Å². The zero-order valence-corrected chi connectivity index (χ0v) is 11.0. The van der Waals surface area contributed by atoms with Crippen LogP contribution < -0.4 is 0 Å². The van der Waals surface area contributed by atoms with E-state index in [-0.39, 0.29) is 5.41 Å². The summed E-state index contributed by atoms with van der Waals surface area (Å²) >= 11 is 0. The molecule has 0 saturated heterocycles. The van der Waals surface area contributed by atoms with Gasteiger partial charge in [-0.2, -0.15) is 5.26 Å². The Balaban J connectivity index is 2.99. The van der Waals surface area contributed by atoms with E-state index in [0.717, 1.165) is 25.1 Å². The van der Waals surface area contributed by atoms with Gasteiger partial charge < -0.3 is 10.1 Å². The van der Waals surface area contributed by atoms with Crippen molar-refractivity contribution in [1.82, 2.24) is 9.97 Å². The third-order valence-electron chi connectivity index (χ3n) is 2.75. The minimum Gasteiger partial charge on any atom is -0.386 e. The second-order valence-corrected chi connectivity index (χ2v) is 5.43. The third-order valence-corrected chi connectivity index (χ3v) is 2.75. The van der Waals surface area contributed by atoms with Gasteiger partial charge in [0.15, 0.2) is 5.69 Å². The highest BCUT2D eigenvalue weighted by Gasteiger charge is 2.28. The number of aliphatic hydroxyl groups is 1. The minimum absolute atomic E-state index is 0.305. The van der Waals surface area contributed by atoms with E-state index >= 15 is 0 Å². The smallest absolute Gasteiger partial charge is 0.164 e. The second kappa shape index (κ2) is 5.33. The first-order valence-corrected chi connectivity index (χ1v) is 6.07. The Labute approximate surface area is 103 Å². The molecule has 0 aliphatic rings. The number of H-pyrrole nitrogens is 1. The van der Waals surface area contributed by atoms with Gasteiger partial charge in [-0.3, -0.25) is 0 Å². The van der Waals surface area contributed by atoms with Gasteiger partial charge in [0.2, 0.25) is 0 Å². The molecule has 94 valence electrons. The summed E-state index contributed by atoms with van der Waals surface area (Å²) in [4.78, 5) is 7.31. The fourth-order valence-electron chi connectivity index (χ4n) is 1.62. The summed E-state index contributed by atoms with van der Waals surface area (Å²) in [5, 5.41) is 19.2. The standard InChI is InChI=1S/C13H21N3O/c1-5-6-7-10-15-9(8-14)11(16-10)12(17)13(2,3)4/h12,17H,5-7H2,1-4H3,(H,15,16). The summed E-state index contributed by atoms with van der Waals surface area (Å²) < 4.78 is 0. The van der Waals surface area contributed by atoms with Gasteiger partial charge in [-0.15, -0.1) is 0 Å². The van der Waals surface area contributed by atoms with Crippen molar-refractivity contribution in [1.29, 1.82) is 5.26 Å². The maximum absolute atomic E-state index is 10.2. The predicted octanol–water partition coefficient (Wildman–Crippen LogP) is 2.70. The molecule has 0 bridgehead atoms. The molecule has 0 fully saturated rings. The molecule has 0 spiro atoms. The summed E-state index contributed by atoms with van der Waals surface area (Å²) in [7, 11) is 0. The lowest BCUT2D eigenvalue weighted by Crippen LogP contribution is -2.19. The van der Waals surface area contributed by atoms with Crippen molar-refractivity contribution >= 4 is 0 Å². The molecule has 0 aliphatic heterocycles. The Bertz CT molecular complexity index is 409. The van der Waals surface area contributed by atoms with Crippen molar-refractivity contribution in [2.45, 2.75) is 53.1 Å². The topological polar surface area (TPSA) is 72.7 Å². The molecule has 0 radical (unpaired) electrons. The minimum atomic E-state index is -0.694. The third kappa shape index (κ3) is 3.31. The Hall–Kier alpha value is -1.34. The molecule has 0 saturated carbocycles. The summed E-state index contributed by atoms with van der Waals surface area (Å²) in [5.74, 6) is 0.793. The van der Waals surface area contributed by atoms with Crippen LogP contribution in [-0.2, 0) is 6.42 Å². The van der Waals surface area contributed by atoms with Gasteiger partial charge in [0.25, 0.3) is 0 Å². The molecule has 1 heterocycles. The monoisotopic (exact) mass is 235 g/mol. The summed E-state index contributed by atoms with van der Waals surface area (Å²) in [6.07, 6.45) is 2.24. The van der Waals surface area contributed by atoms with Crippen LogP contribution in [-0.4, -0.2) is 15.1 Å². The number of unbranched alkanes of at least 4 members (excludes halogenated alkanes) is 1. The number of nitriles is 1. The molecule has 1 atom stereocenters. The van der Waals surface area contributed by atoms with Crippen molar-refractivity contribution in [3.63, 3.8) is 0 Å². The zero-order chi connectivity index (χ0) is 13.1. The predicted molar refractivity (Wildman–Crippen MR) is 66.3 cm³/mol. The summed E-state index contributed by atoms with van der Waals surface area (Å²) in [6.45, 7) is 7.92. The highest BCUT2D eigenvalue weighted by atomic mass is 16.3. The number of nitrogens with one attached hydrogen (secondary N) is 1. The van der Waals surface area contributed by atoms with Crippen molar-refractivity contribution in [2.75, 3.05) is 0 Å². The quantitative estimate of drug-likeness (QED) is 0.842. The summed E-state index contributed by atoms with van der Waals surface area (Å²) in [5.41, 5.74) is 0.560. The Kier molecular flexibility index (Phi) is 4.30. The van der Waals surface area contributed by atoms with Crippen molar-refractivity contribution in [2.24, 2.45) is 5.41 Å². The van der Waals surface area contributed by atoms with E-state index in [2.05, 4.69) is 16.9 Å². The molecule has 1 unspecified atom stereocenters. The zero-order valence-electron chi connectivity index (χ0n) is 11.0. The molecule has 4 heteroatoms. The highest BCUT2D eigenvalue weighted by molar-refractivity contribution is 5.30. The molecule has 2 N–H and O–H groups in total. The fraction of sp³-hybridized carbons (Fsp3) is 0.692. The number of aromatic amines is 1. The molecule has 0 aliphatic carbocycles. The number of nitrogens with zero attached hydrogens (tertiary/aromatic N) is 2. The maximum atomic E-state index is 10.2. The molecule has 4 nitrogen and oxygen atoms in total. The van der Waals surface area contributed by atoms with E-state index in [1.165, 1.54) is 0 Å². The van der Waals surface area contributed by atoms with Crippen LogP contribution >= 0.6 is 0 Å². The van der Waals surface area contributed by atoms with Crippen LogP contribution in [0.4, 0.5) is 0 Å². The van der Waals surface area contributed by atoms with Crippen LogP contribution in [0.5, 0.6) is 0 Å². The van der Waals surface area contributed by atoms with E-state index in [4.69, 9.17) is 5.26 Å². The number of rotatable bonds is 4. The van der Waals surface area contributed by atoms with E-state index in [1.54, 1.807) is 0 Å². The molecule has 1 aromatic heterocycles. The van der Waals surface area contributed by atoms with Gasteiger partial charge in [-0.05, 0) is 11.8 Å². The number of aryl methyl sites for hydroxylation is 1. The van der Waals surface area contributed by atoms with Crippen LogP contribution in [0.25, 0.3) is 0 Å². The SMILES string of the molecule is CCCCc1nc(C#N)c(C(O)C(C)(C)C)[nH]1. The molecule has 1 aromatic rings. The van der Waals surface area contributed by atoms with Crippen LogP contribution in [0.3, 0.4) is 0 Å². The lowest BCUT2D eigenvalue weighted by atomic mass is 9.87. The van der Waals surface area contributed by atoms with E-state index in [9.17, 15) is 5.11 Å². The highest BCUT2D eigenvalue weighted by Crippen LogP contribution is 2.33. The lowest BCUT2D eigenvalue weighted by molar-refractivity contribution is 0.0589. The molecular weight excluding hydrogens is 214 g/mol. The van der Waals surface area contributed by atoms with Crippen LogP contribution in [0.15, 0.2) is 0 Å². The van der Waals surface area contributed by atoms with E-state index in [0.29, 0.717) is 11.4 Å². The van der Waals surface area contributed by atoms with Crippen molar-refractivity contribution in [3.8, 4) is 6.07 Å². The van der Waals surface area contributed by atoms with Crippen molar-refractivity contribution < 1.29 is 5.11 Å². The number of hydrogen-bond acceptors (Lipinski definition) is 3. The van der Waals surface area contributed by atoms with Gasteiger partial charge >= 0.3 is 0 Å². The number of aromatic nitrogens is 2. The van der Waals surface area contributed by atoms with Gasteiger partial charge in [0.1, 0.15) is 18.0 Å². The molecule has 0 amide bonds. The Morgan fingerprint density at radius 2 is 2.12 bits per heavy atom. The first kappa shape index (κ1) is 13.7. The molecule has 1 rings (SSSR count). The van der Waals surface area contributed by atoms with Crippen molar-refractivity contribution in [3.05, 3.63) is 17.2 Å². The number of imidazole rings is 1. The molecular formula is C13H21N3O. The average Bonchev–Trinajstić information content (AvgIpc) is 2.67. The normalized spacial score (nSPS) is 13.4. The lowest BCUT2D eigenvalue weighted by Gasteiger charge is -2.24. The molecule has 0 aromatic carbocycles. The van der Waals surface area contributed by atoms with Crippen LogP contribution in [0.2, 0.25) is 0 Å². The van der Waals surface area contributed by atoms with Crippen LogP contribution in [0, 0.1) is 16.7 Å². The van der Waals surface area contributed by atoms with Gasteiger partial charge in [-0.1, -0.05) is 34.1 Å². The first-order chi connectivity index (χ1) is 7.90. The van der Waals surface area contributed by atoms with Gasteiger partial charge in [0.05, 0.1) is 5.69 Å². The number of aliphatic hydroxyl groups excluding tert-OH is 1. The van der Waals surface area contributed by atoms with E-state index < -0.39 is 6.10 Å².